The second-order valence-electron chi connectivity index (χ2n) is 4.69. The van der Waals surface area contributed by atoms with Gasteiger partial charge in [0.15, 0.2) is 0 Å². The minimum Gasteiger partial charge on any atom is -0.394 e. The van der Waals surface area contributed by atoms with Gasteiger partial charge in [-0.25, -0.2) is 4.98 Å². The van der Waals surface area contributed by atoms with Crippen molar-refractivity contribution in [3.8, 4) is 0 Å². The van der Waals surface area contributed by atoms with Crippen molar-refractivity contribution in [1.29, 1.82) is 0 Å². The Kier molecular flexibility index (Phi) is 5.17. The van der Waals surface area contributed by atoms with Gasteiger partial charge in [-0.3, -0.25) is 4.79 Å². The monoisotopic (exact) mass is 299 g/mol. The second-order valence-corrected chi connectivity index (χ2v) is 5.08. The largest absolute Gasteiger partial charge is 0.394 e. The number of hydrogen-bond acceptors (Lipinski definition) is 5. The quantitative estimate of drug-likeness (QED) is 0.808. The van der Waals surface area contributed by atoms with Crippen molar-refractivity contribution in [2.45, 2.75) is 18.9 Å². The molecular formula is C13H18ClN3O3. The van der Waals surface area contributed by atoms with Crippen LogP contribution in [-0.4, -0.2) is 53.3 Å². The zero-order valence-corrected chi connectivity index (χ0v) is 11.8. The number of anilines is 1. The molecule has 0 spiro atoms. The molecule has 1 fully saturated rings. The molecular weight excluding hydrogens is 282 g/mol. The number of hydrogen-bond donors (Lipinski definition) is 2. The van der Waals surface area contributed by atoms with Crippen molar-refractivity contribution in [2.24, 2.45) is 0 Å². The topological polar surface area (TPSA) is 88.7 Å². The number of nitrogens with two attached hydrogens (primary N) is 1. The van der Waals surface area contributed by atoms with Crippen LogP contribution >= 0.6 is 11.6 Å². The maximum Gasteiger partial charge on any atom is 0.254 e. The van der Waals surface area contributed by atoms with Crippen molar-refractivity contribution in [2.75, 3.05) is 32.0 Å². The summed E-state index contributed by atoms with van der Waals surface area (Å²) in [4.78, 5) is 17.9. The number of aliphatic hydroxyl groups excluding tert-OH is 1. The van der Waals surface area contributed by atoms with E-state index in [1.807, 2.05) is 0 Å². The number of piperidine rings is 1. The van der Waals surface area contributed by atoms with Gasteiger partial charge in [-0.15, -0.1) is 0 Å². The maximum atomic E-state index is 12.3. The molecule has 6 nitrogen and oxygen atoms in total. The number of halogens is 1. The second kappa shape index (κ2) is 6.88. The van der Waals surface area contributed by atoms with Crippen LogP contribution in [0.3, 0.4) is 0 Å². The molecule has 0 saturated carbocycles. The normalized spacial score (nSPS) is 16.4. The summed E-state index contributed by atoms with van der Waals surface area (Å²) in [5.74, 6) is 0.142. The van der Waals surface area contributed by atoms with Crippen LogP contribution in [0.4, 0.5) is 5.82 Å². The Morgan fingerprint density at radius 1 is 1.50 bits per heavy atom. The zero-order valence-electron chi connectivity index (χ0n) is 11.1. The molecule has 1 saturated heterocycles. The van der Waals surface area contributed by atoms with E-state index in [1.54, 1.807) is 4.90 Å². The standard InChI is InChI=1S/C13H18ClN3O3/c14-11-7-9(8-12(15)16-11)13(19)17-3-1-10(2-4-17)20-6-5-18/h7-8,10,18H,1-6H2,(H2,15,16). The SMILES string of the molecule is Nc1cc(C(=O)N2CCC(OCCO)CC2)cc(Cl)n1. The molecule has 110 valence electrons. The van der Waals surface area contributed by atoms with Crippen LogP contribution < -0.4 is 5.73 Å². The fourth-order valence-electron chi connectivity index (χ4n) is 2.27. The highest BCUT2D eigenvalue weighted by Gasteiger charge is 2.24. The summed E-state index contributed by atoms with van der Waals surface area (Å²) in [6.07, 6.45) is 1.64. The Balaban J connectivity index is 1.94. The Morgan fingerprint density at radius 3 is 2.80 bits per heavy atom. The van der Waals surface area contributed by atoms with Gasteiger partial charge in [-0.1, -0.05) is 11.6 Å². The average Bonchev–Trinajstić information content (AvgIpc) is 2.44. The number of likely N-dealkylation sites (tertiary alicyclic amines) is 1. The van der Waals surface area contributed by atoms with Crippen LogP contribution in [-0.2, 0) is 4.74 Å². The molecule has 20 heavy (non-hydrogen) atoms. The molecule has 1 amide bonds. The van der Waals surface area contributed by atoms with Crippen molar-refractivity contribution >= 4 is 23.3 Å². The lowest BCUT2D eigenvalue weighted by atomic mass is 10.1. The van der Waals surface area contributed by atoms with E-state index in [0.717, 1.165) is 12.8 Å². The van der Waals surface area contributed by atoms with Gasteiger partial charge in [0.25, 0.3) is 5.91 Å². The first-order valence-electron chi connectivity index (χ1n) is 6.55. The van der Waals surface area contributed by atoms with E-state index in [4.69, 9.17) is 27.2 Å². The molecule has 0 unspecified atom stereocenters. The number of aliphatic hydroxyl groups is 1. The molecule has 0 atom stereocenters. The highest BCUT2D eigenvalue weighted by molar-refractivity contribution is 6.29. The Bertz CT molecular complexity index is 456. The highest BCUT2D eigenvalue weighted by atomic mass is 35.5. The number of nitrogen functional groups attached to an aromatic ring is 1. The van der Waals surface area contributed by atoms with E-state index in [0.29, 0.717) is 25.3 Å². The number of aromatic nitrogens is 1. The van der Waals surface area contributed by atoms with Gasteiger partial charge in [0, 0.05) is 18.7 Å². The Labute approximate surface area is 122 Å². The third-order valence-corrected chi connectivity index (χ3v) is 3.43. The van der Waals surface area contributed by atoms with E-state index >= 15 is 0 Å². The summed E-state index contributed by atoms with van der Waals surface area (Å²) in [6.45, 7) is 1.60. The van der Waals surface area contributed by atoms with Crippen molar-refractivity contribution in [1.82, 2.24) is 9.88 Å². The van der Waals surface area contributed by atoms with E-state index in [9.17, 15) is 4.79 Å². The van der Waals surface area contributed by atoms with Gasteiger partial charge < -0.3 is 20.5 Å². The summed E-state index contributed by atoms with van der Waals surface area (Å²) in [5, 5.41) is 8.94. The minimum atomic E-state index is -0.0957. The first kappa shape index (κ1) is 15.0. The maximum absolute atomic E-state index is 12.3. The van der Waals surface area contributed by atoms with Gasteiger partial charge in [-0.2, -0.15) is 0 Å². The van der Waals surface area contributed by atoms with Gasteiger partial charge in [0.2, 0.25) is 0 Å². The molecule has 3 N–H and O–H groups in total. The average molecular weight is 300 g/mol. The van der Waals surface area contributed by atoms with Crippen molar-refractivity contribution in [3.05, 3.63) is 22.8 Å². The lowest BCUT2D eigenvalue weighted by Crippen LogP contribution is -2.41. The summed E-state index contributed by atoms with van der Waals surface area (Å²) in [6, 6.07) is 3.05. The van der Waals surface area contributed by atoms with E-state index in [1.165, 1.54) is 12.1 Å². The number of amides is 1. The number of nitrogens with zero attached hydrogens (tertiary/aromatic N) is 2. The molecule has 0 aromatic carbocycles. The van der Waals surface area contributed by atoms with E-state index in [2.05, 4.69) is 4.98 Å². The number of rotatable bonds is 4. The summed E-state index contributed by atoms with van der Waals surface area (Å²) < 4.78 is 5.47. The molecule has 0 radical (unpaired) electrons. The third kappa shape index (κ3) is 3.82. The lowest BCUT2D eigenvalue weighted by molar-refractivity contribution is -0.00554. The van der Waals surface area contributed by atoms with Gasteiger partial charge in [-0.05, 0) is 25.0 Å². The molecule has 1 aromatic heterocycles. The molecule has 0 aliphatic carbocycles. The van der Waals surface area contributed by atoms with Crippen LogP contribution in [0.25, 0.3) is 0 Å². The van der Waals surface area contributed by atoms with Crippen LogP contribution in [0.2, 0.25) is 5.15 Å². The Morgan fingerprint density at radius 2 is 2.20 bits per heavy atom. The van der Waals surface area contributed by atoms with Crippen molar-refractivity contribution in [3.63, 3.8) is 0 Å². The van der Waals surface area contributed by atoms with Crippen molar-refractivity contribution < 1.29 is 14.6 Å². The van der Waals surface area contributed by atoms with Gasteiger partial charge in [0.1, 0.15) is 11.0 Å². The summed E-state index contributed by atoms with van der Waals surface area (Å²) in [5.41, 5.74) is 6.05. The smallest absolute Gasteiger partial charge is 0.254 e. The fraction of sp³-hybridized carbons (Fsp3) is 0.538. The van der Waals surface area contributed by atoms with Crippen LogP contribution in [0.5, 0.6) is 0 Å². The molecule has 0 bridgehead atoms. The molecule has 1 aliphatic heterocycles. The molecule has 1 aliphatic rings. The third-order valence-electron chi connectivity index (χ3n) is 3.23. The van der Waals surface area contributed by atoms with Gasteiger partial charge >= 0.3 is 0 Å². The van der Waals surface area contributed by atoms with E-state index in [-0.39, 0.29) is 29.6 Å². The molecule has 2 rings (SSSR count). The zero-order chi connectivity index (χ0) is 14.5. The molecule has 7 heteroatoms. The molecule has 2 heterocycles. The minimum absolute atomic E-state index is 0.0218. The summed E-state index contributed by atoms with van der Waals surface area (Å²) in [7, 11) is 0. The Hall–Kier alpha value is -1.37. The summed E-state index contributed by atoms with van der Waals surface area (Å²) >= 11 is 5.81. The number of carbonyl (C=O) groups excluding carboxylic acids is 1. The number of pyridine rings is 1. The van der Waals surface area contributed by atoms with Crippen LogP contribution in [0.1, 0.15) is 23.2 Å². The number of carbonyl (C=O) groups is 1. The van der Waals surface area contributed by atoms with E-state index < -0.39 is 0 Å². The first-order valence-corrected chi connectivity index (χ1v) is 6.92. The molecule has 1 aromatic rings. The lowest BCUT2D eigenvalue weighted by Gasteiger charge is -2.32. The fourth-order valence-corrected chi connectivity index (χ4v) is 2.48. The van der Waals surface area contributed by atoms with Crippen LogP contribution in [0.15, 0.2) is 12.1 Å². The van der Waals surface area contributed by atoms with Crippen LogP contribution in [0, 0.1) is 0 Å². The van der Waals surface area contributed by atoms with Gasteiger partial charge in [0.05, 0.1) is 19.3 Å². The number of ether oxygens (including phenoxy) is 1. The predicted molar refractivity (Wildman–Crippen MR) is 75.6 cm³/mol. The first-order chi connectivity index (χ1) is 9.60. The highest BCUT2D eigenvalue weighted by Crippen LogP contribution is 2.18. The predicted octanol–water partition coefficient (Wildman–Crippen LogP) is 0.931.